The summed E-state index contributed by atoms with van der Waals surface area (Å²) in [4.78, 5) is 28.9. The van der Waals surface area contributed by atoms with Gasteiger partial charge in [-0.25, -0.2) is 9.36 Å². The maximum atomic E-state index is 13.0. The highest BCUT2D eigenvalue weighted by Gasteiger charge is 2.17. The van der Waals surface area contributed by atoms with Gasteiger partial charge in [-0.1, -0.05) is 10.4 Å². The van der Waals surface area contributed by atoms with Crippen molar-refractivity contribution in [2.45, 2.75) is 39.0 Å². The van der Waals surface area contributed by atoms with Crippen LogP contribution in [0.2, 0.25) is 0 Å². The molecule has 0 saturated heterocycles. The van der Waals surface area contributed by atoms with Gasteiger partial charge in [-0.15, -0.1) is 20.4 Å². The second-order valence-electron chi connectivity index (χ2n) is 7.34. The molecule has 0 spiro atoms. The van der Waals surface area contributed by atoms with Crippen molar-refractivity contribution < 1.29 is 0 Å². The number of hydrogen-bond acceptors (Lipinski definition) is 11. The molecule has 162 valence electrons. The molecular formula is C17H17N13O2. The lowest BCUT2D eigenvalue weighted by Gasteiger charge is -2.14. The maximum absolute atomic E-state index is 13.0. The largest absolute Gasteiger partial charge is 0.277 e. The normalized spacial score (nSPS) is 13.6. The van der Waals surface area contributed by atoms with Crippen LogP contribution in [-0.2, 0) is 13.1 Å². The number of hydrogen-bond donors (Lipinski definition) is 0. The first-order chi connectivity index (χ1) is 15.5. The van der Waals surface area contributed by atoms with E-state index in [0.717, 1.165) is 0 Å². The number of rotatable bonds is 6. The molecule has 0 fully saturated rings. The summed E-state index contributed by atoms with van der Waals surface area (Å²) in [5, 5.41) is 36.4. The van der Waals surface area contributed by atoms with Crippen LogP contribution in [0.5, 0.6) is 0 Å². The van der Waals surface area contributed by atoms with Crippen molar-refractivity contribution in [2.24, 2.45) is 0 Å². The highest BCUT2D eigenvalue weighted by Crippen LogP contribution is 2.15. The summed E-state index contributed by atoms with van der Waals surface area (Å²) in [6.45, 7) is 4.25. The fourth-order valence-electron chi connectivity index (χ4n) is 3.42. The van der Waals surface area contributed by atoms with Crippen LogP contribution >= 0.6 is 0 Å². The maximum Gasteiger partial charge on any atom is 0.277 e. The first-order valence-electron chi connectivity index (χ1n) is 9.74. The molecule has 0 bridgehead atoms. The van der Waals surface area contributed by atoms with Gasteiger partial charge in [0.2, 0.25) is 0 Å². The van der Waals surface area contributed by atoms with Crippen molar-refractivity contribution in [3.8, 4) is 0 Å². The Labute approximate surface area is 178 Å². The highest BCUT2D eigenvalue weighted by atomic mass is 16.1. The number of tetrazole rings is 1. The van der Waals surface area contributed by atoms with Gasteiger partial charge in [-0.05, 0) is 31.2 Å². The van der Waals surface area contributed by atoms with Crippen LogP contribution in [0.25, 0.3) is 21.8 Å². The zero-order valence-corrected chi connectivity index (χ0v) is 17.1. The lowest BCUT2D eigenvalue weighted by Crippen LogP contribution is -2.31. The molecule has 4 heterocycles. The molecule has 2 atom stereocenters. The minimum Gasteiger partial charge on any atom is -0.267 e. The van der Waals surface area contributed by atoms with Crippen molar-refractivity contribution in [2.75, 3.05) is 0 Å². The lowest BCUT2D eigenvalue weighted by atomic mass is 10.1. The number of nitrogens with zero attached hydrogens (tertiary/aromatic N) is 13. The topological polar surface area (TPSA) is 170 Å². The Bertz CT molecular complexity index is 1390. The van der Waals surface area contributed by atoms with Crippen LogP contribution < -0.4 is 11.1 Å². The fourth-order valence-corrected chi connectivity index (χ4v) is 3.42. The Hall–Kier alpha value is -4.43. The van der Waals surface area contributed by atoms with Crippen molar-refractivity contribution >= 4 is 21.8 Å². The molecule has 0 saturated carbocycles. The third-order valence-corrected chi connectivity index (χ3v) is 5.04. The summed E-state index contributed by atoms with van der Waals surface area (Å²) >= 11 is 0. The van der Waals surface area contributed by atoms with E-state index in [9.17, 15) is 9.59 Å². The molecule has 32 heavy (non-hydrogen) atoms. The second-order valence-corrected chi connectivity index (χ2v) is 7.34. The average Bonchev–Trinajstić information content (AvgIpc) is 3.48. The fraction of sp³-hybridized carbons (Fsp3) is 0.353. The second kappa shape index (κ2) is 7.68. The van der Waals surface area contributed by atoms with E-state index in [-0.39, 0.29) is 28.6 Å². The van der Waals surface area contributed by atoms with E-state index in [2.05, 4.69) is 46.2 Å². The van der Waals surface area contributed by atoms with Crippen molar-refractivity contribution in [3.05, 3.63) is 51.6 Å². The predicted octanol–water partition coefficient (Wildman–Crippen LogP) is -1.00. The zero-order valence-electron chi connectivity index (χ0n) is 17.1. The van der Waals surface area contributed by atoms with Crippen LogP contribution in [0, 0.1) is 0 Å². The molecule has 0 aliphatic carbocycles. The first kappa shape index (κ1) is 19.5. The van der Waals surface area contributed by atoms with E-state index in [1.165, 1.54) is 37.4 Å². The Morgan fingerprint density at radius 3 is 1.78 bits per heavy atom. The summed E-state index contributed by atoms with van der Waals surface area (Å²) in [7, 11) is 0. The standard InChI is InChI=1S/C17H17N13O2/c1-10(7-27-19-3-4-20-27)29-16(31)12-5-15-13(6-14(12)22-25-29)17(32)30(26-23-15)11(2)8-28-21-9-18-24-28/h3-6,9-11H,7-8H2,1-2H3/t10?,11-/m1/s1. The van der Waals surface area contributed by atoms with Crippen LogP contribution in [0.3, 0.4) is 0 Å². The molecule has 0 aliphatic heterocycles. The Kier molecular flexibility index (Phi) is 4.68. The number of benzene rings is 1. The molecule has 4 aromatic heterocycles. The van der Waals surface area contributed by atoms with E-state index in [1.54, 1.807) is 19.3 Å². The van der Waals surface area contributed by atoms with E-state index in [1.807, 2.05) is 6.92 Å². The van der Waals surface area contributed by atoms with Crippen molar-refractivity contribution in [1.29, 1.82) is 0 Å². The van der Waals surface area contributed by atoms with Crippen molar-refractivity contribution in [1.82, 2.24) is 65.2 Å². The van der Waals surface area contributed by atoms with Crippen LogP contribution in [0.15, 0.2) is 40.4 Å². The number of fused-ring (bicyclic) bond motifs is 2. The van der Waals surface area contributed by atoms with Gasteiger partial charge >= 0.3 is 0 Å². The van der Waals surface area contributed by atoms with Gasteiger partial charge in [0.15, 0.2) is 6.33 Å². The summed E-state index contributed by atoms with van der Waals surface area (Å²) in [5.41, 5.74) is -0.130. The first-order valence-corrected chi connectivity index (χ1v) is 9.74. The Morgan fingerprint density at radius 2 is 1.28 bits per heavy atom. The highest BCUT2D eigenvalue weighted by molar-refractivity contribution is 5.93. The smallest absolute Gasteiger partial charge is 0.267 e. The third kappa shape index (κ3) is 3.38. The summed E-state index contributed by atoms with van der Waals surface area (Å²) < 4.78 is 2.50. The van der Waals surface area contributed by atoms with Crippen LogP contribution in [0.1, 0.15) is 25.9 Å². The molecule has 1 unspecified atom stereocenters. The molecule has 0 aliphatic rings. The summed E-state index contributed by atoms with van der Waals surface area (Å²) in [6, 6.07) is 2.31. The van der Waals surface area contributed by atoms with Gasteiger partial charge in [-0.3, -0.25) is 9.59 Å². The molecule has 0 radical (unpaired) electrons. The van der Waals surface area contributed by atoms with Gasteiger partial charge in [0.05, 0.1) is 48.3 Å². The quantitative estimate of drug-likeness (QED) is 0.300. The van der Waals surface area contributed by atoms with Crippen LogP contribution in [0.4, 0.5) is 0 Å². The van der Waals surface area contributed by atoms with Gasteiger partial charge in [0.1, 0.15) is 11.0 Å². The third-order valence-electron chi connectivity index (χ3n) is 5.04. The van der Waals surface area contributed by atoms with E-state index in [4.69, 9.17) is 0 Å². The lowest BCUT2D eigenvalue weighted by molar-refractivity contribution is 0.354. The van der Waals surface area contributed by atoms with Gasteiger partial charge in [-0.2, -0.15) is 19.8 Å². The predicted molar refractivity (Wildman–Crippen MR) is 108 cm³/mol. The molecule has 0 amide bonds. The number of aromatic nitrogens is 13. The van der Waals surface area contributed by atoms with Crippen LogP contribution in [-0.4, -0.2) is 65.2 Å². The average molecular weight is 435 g/mol. The minimum atomic E-state index is -0.375. The molecule has 5 rings (SSSR count). The molecule has 1 aromatic carbocycles. The van der Waals surface area contributed by atoms with Gasteiger partial charge in [0.25, 0.3) is 11.1 Å². The van der Waals surface area contributed by atoms with Gasteiger partial charge < -0.3 is 0 Å². The Balaban J connectivity index is 1.54. The summed E-state index contributed by atoms with van der Waals surface area (Å²) in [5.74, 6) is 0. The Morgan fingerprint density at radius 1 is 0.750 bits per heavy atom. The molecule has 5 aromatic rings. The molecular weight excluding hydrogens is 418 g/mol. The summed E-state index contributed by atoms with van der Waals surface area (Å²) in [6.07, 6.45) is 4.43. The zero-order chi connectivity index (χ0) is 22.2. The SMILES string of the molecule is CC(Cn1nccn1)n1nnc2cc3c(=O)n([C@H](C)Cn4ncnn4)nnc3cc2c1=O. The molecule has 15 nitrogen and oxygen atoms in total. The van der Waals surface area contributed by atoms with E-state index in [0.29, 0.717) is 29.5 Å². The van der Waals surface area contributed by atoms with E-state index >= 15 is 0 Å². The molecule has 0 N–H and O–H groups in total. The minimum absolute atomic E-state index is 0.283. The van der Waals surface area contributed by atoms with E-state index < -0.39 is 0 Å². The van der Waals surface area contributed by atoms with Crippen molar-refractivity contribution in [3.63, 3.8) is 0 Å². The molecule has 15 heteroatoms. The monoisotopic (exact) mass is 435 g/mol. The van der Waals surface area contributed by atoms with Gasteiger partial charge in [0, 0.05) is 0 Å².